The molecule has 20 heavy (non-hydrogen) atoms. The highest BCUT2D eigenvalue weighted by atomic mass is 35.5. The van der Waals surface area contributed by atoms with Crippen molar-refractivity contribution in [2.75, 3.05) is 13.1 Å². The third-order valence-corrected chi connectivity index (χ3v) is 3.55. The van der Waals surface area contributed by atoms with Gasteiger partial charge in [-0.2, -0.15) is 0 Å². The molecule has 0 heterocycles. The quantitative estimate of drug-likeness (QED) is 0.645. The van der Waals surface area contributed by atoms with E-state index in [0.717, 1.165) is 17.5 Å². The van der Waals surface area contributed by atoms with Gasteiger partial charge in [0.25, 0.3) is 0 Å². The molecule has 0 aliphatic heterocycles. The Morgan fingerprint density at radius 3 is 2.50 bits per heavy atom. The number of ketones is 1. The van der Waals surface area contributed by atoms with Crippen molar-refractivity contribution in [2.45, 2.75) is 6.42 Å². The summed E-state index contributed by atoms with van der Waals surface area (Å²) in [7, 11) is 0. The highest BCUT2D eigenvalue weighted by Gasteiger charge is 2.05. The molecule has 0 aliphatic rings. The third-order valence-electron chi connectivity index (χ3n) is 2.97. The molecular formula is C16H15Cl2NO. The first kappa shape index (κ1) is 15.0. The fraction of sp³-hybridized carbons (Fsp3) is 0.188. The Hall–Kier alpha value is -1.35. The van der Waals surface area contributed by atoms with Gasteiger partial charge in [-0.1, -0.05) is 59.6 Å². The molecule has 0 saturated heterocycles. The lowest BCUT2D eigenvalue weighted by Gasteiger charge is -2.06. The van der Waals surface area contributed by atoms with Crippen molar-refractivity contribution < 1.29 is 4.79 Å². The maximum Gasteiger partial charge on any atom is 0.176 e. The van der Waals surface area contributed by atoms with Crippen LogP contribution in [-0.4, -0.2) is 18.9 Å². The number of rotatable bonds is 6. The number of hydrogen-bond donors (Lipinski definition) is 1. The summed E-state index contributed by atoms with van der Waals surface area (Å²) < 4.78 is 0. The van der Waals surface area contributed by atoms with E-state index in [2.05, 4.69) is 5.32 Å². The zero-order valence-corrected chi connectivity index (χ0v) is 12.4. The van der Waals surface area contributed by atoms with E-state index in [9.17, 15) is 4.79 Å². The second-order valence-corrected chi connectivity index (χ2v) is 5.30. The van der Waals surface area contributed by atoms with Gasteiger partial charge in [-0.05, 0) is 30.7 Å². The van der Waals surface area contributed by atoms with Crippen molar-refractivity contribution in [3.63, 3.8) is 0 Å². The fourth-order valence-electron chi connectivity index (χ4n) is 1.88. The van der Waals surface area contributed by atoms with E-state index in [4.69, 9.17) is 23.2 Å². The minimum absolute atomic E-state index is 0.0906. The number of halogens is 2. The summed E-state index contributed by atoms with van der Waals surface area (Å²) in [6.45, 7) is 1.02. The molecule has 0 radical (unpaired) electrons. The standard InChI is InChI=1S/C16H15Cl2NO/c17-14-7-6-12(15(18)10-14)8-9-19-11-16(20)13-4-2-1-3-5-13/h1-7,10,19H,8-9,11H2. The van der Waals surface area contributed by atoms with Gasteiger partial charge in [0.05, 0.1) is 6.54 Å². The van der Waals surface area contributed by atoms with Gasteiger partial charge in [0.1, 0.15) is 0 Å². The van der Waals surface area contributed by atoms with E-state index in [1.54, 1.807) is 6.07 Å². The van der Waals surface area contributed by atoms with E-state index < -0.39 is 0 Å². The summed E-state index contributed by atoms with van der Waals surface area (Å²) in [5.41, 5.74) is 1.75. The van der Waals surface area contributed by atoms with Crippen LogP contribution in [0.5, 0.6) is 0 Å². The van der Waals surface area contributed by atoms with Crippen LogP contribution in [0.2, 0.25) is 10.0 Å². The predicted molar refractivity (Wildman–Crippen MR) is 83.8 cm³/mol. The molecule has 1 N–H and O–H groups in total. The van der Waals surface area contributed by atoms with Gasteiger partial charge in [0.15, 0.2) is 5.78 Å². The molecule has 2 rings (SSSR count). The van der Waals surface area contributed by atoms with Gasteiger partial charge < -0.3 is 5.32 Å². The van der Waals surface area contributed by atoms with E-state index in [-0.39, 0.29) is 5.78 Å². The van der Waals surface area contributed by atoms with Gasteiger partial charge in [0, 0.05) is 15.6 Å². The normalized spacial score (nSPS) is 10.5. The Morgan fingerprint density at radius 2 is 1.80 bits per heavy atom. The fourth-order valence-corrected chi connectivity index (χ4v) is 2.38. The molecule has 0 amide bonds. The van der Waals surface area contributed by atoms with E-state index in [0.29, 0.717) is 23.1 Å². The minimum Gasteiger partial charge on any atom is -0.309 e. The summed E-state index contributed by atoms with van der Waals surface area (Å²) in [5.74, 6) is 0.0906. The van der Waals surface area contributed by atoms with Crippen LogP contribution >= 0.6 is 23.2 Å². The molecular weight excluding hydrogens is 293 g/mol. The van der Waals surface area contributed by atoms with E-state index in [1.807, 2.05) is 42.5 Å². The Bertz CT molecular complexity index is 584. The molecule has 0 aliphatic carbocycles. The molecule has 2 aromatic carbocycles. The number of Topliss-reactive ketones (excluding diaryl/α,β-unsaturated/α-hetero) is 1. The van der Waals surface area contributed by atoms with Crippen LogP contribution in [0.1, 0.15) is 15.9 Å². The molecule has 4 heteroatoms. The summed E-state index contributed by atoms with van der Waals surface area (Å²) in [5, 5.41) is 4.42. The summed E-state index contributed by atoms with van der Waals surface area (Å²) in [6.07, 6.45) is 0.762. The third kappa shape index (κ3) is 4.34. The maximum absolute atomic E-state index is 11.9. The number of hydrogen-bond acceptors (Lipinski definition) is 2. The van der Waals surface area contributed by atoms with Gasteiger partial charge >= 0.3 is 0 Å². The van der Waals surface area contributed by atoms with Crippen molar-refractivity contribution >= 4 is 29.0 Å². The molecule has 2 nitrogen and oxygen atoms in total. The van der Waals surface area contributed by atoms with Crippen LogP contribution in [0.15, 0.2) is 48.5 Å². The van der Waals surface area contributed by atoms with Crippen molar-refractivity contribution in [1.29, 1.82) is 0 Å². The average molecular weight is 308 g/mol. The first-order valence-electron chi connectivity index (χ1n) is 6.40. The second-order valence-electron chi connectivity index (χ2n) is 4.45. The van der Waals surface area contributed by atoms with E-state index >= 15 is 0 Å². The van der Waals surface area contributed by atoms with Crippen LogP contribution in [0, 0.1) is 0 Å². The Balaban J connectivity index is 1.78. The van der Waals surface area contributed by atoms with Crippen molar-refractivity contribution in [1.82, 2.24) is 5.32 Å². The highest BCUT2D eigenvalue weighted by Crippen LogP contribution is 2.20. The van der Waals surface area contributed by atoms with Crippen LogP contribution in [0.3, 0.4) is 0 Å². The molecule has 0 fully saturated rings. The lowest BCUT2D eigenvalue weighted by Crippen LogP contribution is -2.25. The SMILES string of the molecule is O=C(CNCCc1ccc(Cl)cc1Cl)c1ccccc1. The molecule has 0 unspecified atom stereocenters. The first-order chi connectivity index (χ1) is 9.66. The molecule has 0 bridgehead atoms. The van der Waals surface area contributed by atoms with Crippen LogP contribution in [-0.2, 0) is 6.42 Å². The number of nitrogens with one attached hydrogen (secondary N) is 1. The lowest BCUT2D eigenvalue weighted by atomic mass is 10.1. The van der Waals surface area contributed by atoms with Crippen molar-refractivity contribution in [2.24, 2.45) is 0 Å². The molecule has 0 spiro atoms. The van der Waals surface area contributed by atoms with Crippen LogP contribution < -0.4 is 5.32 Å². The van der Waals surface area contributed by atoms with Gasteiger partial charge in [-0.3, -0.25) is 4.79 Å². The Labute approximate surface area is 128 Å². The smallest absolute Gasteiger partial charge is 0.176 e. The van der Waals surface area contributed by atoms with Gasteiger partial charge in [0.2, 0.25) is 0 Å². The number of benzene rings is 2. The zero-order valence-electron chi connectivity index (χ0n) is 10.9. The Morgan fingerprint density at radius 1 is 1.05 bits per heavy atom. The summed E-state index contributed by atoms with van der Waals surface area (Å²) in [6, 6.07) is 14.7. The lowest BCUT2D eigenvalue weighted by molar-refractivity contribution is 0.0991. The first-order valence-corrected chi connectivity index (χ1v) is 7.15. The zero-order chi connectivity index (χ0) is 14.4. The van der Waals surface area contributed by atoms with Gasteiger partial charge in [-0.15, -0.1) is 0 Å². The summed E-state index contributed by atoms with van der Waals surface area (Å²) in [4.78, 5) is 11.9. The molecule has 2 aromatic rings. The second kappa shape index (κ2) is 7.44. The van der Waals surface area contributed by atoms with Crippen LogP contribution in [0.4, 0.5) is 0 Å². The highest BCUT2D eigenvalue weighted by molar-refractivity contribution is 6.35. The van der Waals surface area contributed by atoms with Crippen molar-refractivity contribution in [3.05, 3.63) is 69.7 Å². The van der Waals surface area contributed by atoms with Gasteiger partial charge in [-0.25, -0.2) is 0 Å². The number of carbonyl (C=O) groups excluding carboxylic acids is 1. The molecule has 104 valence electrons. The summed E-state index contributed by atoms with van der Waals surface area (Å²) >= 11 is 11.9. The largest absolute Gasteiger partial charge is 0.309 e. The van der Waals surface area contributed by atoms with Crippen molar-refractivity contribution in [3.8, 4) is 0 Å². The molecule has 0 aromatic heterocycles. The van der Waals surface area contributed by atoms with E-state index in [1.165, 1.54) is 0 Å². The monoisotopic (exact) mass is 307 g/mol. The molecule has 0 atom stereocenters. The molecule has 0 saturated carbocycles. The maximum atomic E-state index is 11.9. The number of carbonyl (C=O) groups is 1. The minimum atomic E-state index is 0.0906. The predicted octanol–water partition coefficient (Wildman–Crippen LogP) is 4.01. The average Bonchev–Trinajstić information content (AvgIpc) is 2.46. The Kier molecular flexibility index (Phi) is 5.60. The topological polar surface area (TPSA) is 29.1 Å². The van der Waals surface area contributed by atoms with Crippen LogP contribution in [0.25, 0.3) is 0 Å².